The Balaban J connectivity index is 2.46. The second kappa shape index (κ2) is 6.48. The van der Waals surface area contributed by atoms with Gasteiger partial charge in [0, 0.05) is 17.2 Å². The topological polar surface area (TPSA) is 72.5 Å². The van der Waals surface area contributed by atoms with Crippen LogP contribution in [0.25, 0.3) is 0 Å². The molecule has 0 unspecified atom stereocenters. The van der Waals surface area contributed by atoms with Gasteiger partial charge in [-0.1, -0.05) is 29.8 Å². The Labute approximate surface area is 99.0 Å². The molecule has 0 aliphatic carbocycles. The molecule has 0 spiro atoms. The average Bonchev–Trinajstić information content (AvgIpc) is 2.28. The third kappa shape index (κ3) is 3.81. The van der Waals surface area contributed by atoms with Crippen molar-refractivity contribution in [1.82, 2.24) is 0 Å². The normalized spacial score (nSPS) is 12.2. The molecule has 0 radical (unpaired) electrons. The number of benzene rings is 1. The van der Waals surface area contributed by atoms with E-state index in [4.69, 9.17) is 27.2 Å². The summed E-state index contributed by atoms with van der Waals surface area (Å²) in [7, 11) is 0. The zero-order valence-corrected chi connectivity index (χ0v) is 9.48. The van der Waals surface area contributed by atoms with E-state index in [0.717, 1.165) is 5.56 Å². The highest BCUT2D eigenvalue weighted by atomic mass is 35.5. The van der Waals surface area contributed by atoms with Crippen LogP contribution in [0.1, 0.15) is 12.0 Å². The number of hydrogen-bond donors (Lipinski definition) is 2. The lowest BCUT2D eigenvalue weighted by molar-refractivity contribution is -0.146. The van der Waals surface area contributed by atoms with Gasteiger partial charge in [-0.25, -0.2) is 0 Å². The molecule has 0 saturated carbocycles. The number of aliphatic hydroxyl groups excluding tert-OH is 1. The summed E-state index contributed by atoms with van der Waals surface area (Å²) in [5, 5.41) is 9.15. The minimum absolute atomic E-state index is 0.0949. The van der Waals surface area contributed by atoms with Crippen LogP contribution in [0.3, 0.4) is 0 Å². The number of aliphatic hydroxyl groups is 1. The lowest BCUT2D eigenvalue weighted by atomic mass is 10.2. The Bertz CT molecular complexity index is 357. The van der Waals surface area contributed by atoms with E-state index in [2.05, 4.69) is 0 Å². The number of carbonyl (C=O) groups is 1. The lowest BCUT2D eigenvalue weighted by Gasteiger charge is -2.10. The van der Waals surface area contributed by atoms with Crippen molar-refractivity contribution in [1.29, 1.82) is 0 Å². The summed E-state index contributed by atoms with van der Waals surface area (Å²) < 4.78 is 4.96. The summed E-state index contributed by atoms with van der Waals surface area (Å²) in [6.07, 6.45) is 0.196. The third-order valence-electron chi connectivity index (χ3n) is 2.07. The molecular weight excluding hydrogens is 230 g/mol. The van der Waals surface area contributed by atoms with E-state index in [1.807, 2.05) is 6.07 Å². The van der Waals surface area contributed by atoms with Gasteiger partial charge in [0.05, 0.1) is 0 Å². The first-order valence-corrected chi connectivity index (χ1v) is 5.29. The first-order chi connectivity index (χ1) is 7.65. The summed E-state index contributed by atoms with van der Waals surface area (Å²) >= 11 is 5.89. The highest BCUT2D eigenvalue weighted by Gasteiger charge is 2.14. The molecule has 0 bridgehead atoms. The average molecular weight is 244 g/mol. The maximum Gasteiger partial charge on any atom is 0.323 e. The molecule has 1 atom stereocenters. The van der Waals surface area contributed by atoms with Gasteiger partial charge in [0.1, 0.15) is 12.6 Å². The molecule has 1 rings (SSSR count). The number of hydrogen-bond acceptors (Lipinski definition) is 4. The van der Waals surface area contributed by atoms with E-state index in [1.165, 1.54) is 0 Å². The second-order valence-corrected chi connectivity index (χ2v) is 3.73. The fourth-order valence-corrected chi connectivity index (χ4v) is 1.32. The Morgan fingerprint density at radius 3 is 2.81 bits per heavy atom. The van der Waals surface area contributed by atoms with E-state index >= 15 is 0 Å². The molecule has 4 nitrogen and oxygen atoms in total. The van der Waals surface area contributed by atoms with Gasteiger partial charge in [-0.15, -0.1) is 0 Å². The molecule has 3 N–H and O–H groups in total. The highest BCUT2D eigenvalue weighted by Crippen LogP contribution is 2.15. The van der Waals surface area contributed by atoms with Crippen molar-refractivity contribution < 1.29 is 14.6 Å². The van der Waals surface area contributed by atoms with Crippen LogP contribution < -0.4 is 5.73 Å². The summed E-state index contributed by atoms with van der Waals surface area (Å²) in [5.74, 6) is -0.533. The zero-order valence-electron chi connectivity index (χ0n) is 8.73. The van der Waals surface area contributed by atoms with Crippen LogP contribution in [0.15, 0.2) is 24.3 Å². The number of rotatable bonds is 5. The third-order valence-corrected chi connectivity index (χ3v) is 2.44. The molecule has 1 aromatic rings. The van der Waals surface area contributed by atoms with Gasteiger partial charge < -0.3 is 15.6 Å². The molecule has 0 fully saturated rings. The molecule has 5 heteroatoms. The van der Waals surface area contributed by atoms with Crippen LogP contribution >= 0.6 is 11.6 Å². The van der Waals surface area contributed by atoms with Gasteiger partial charge >= 0.3 is 5.97 Å². The van der Waals surface area contributed by atoms with Crippen molar-refractivity contribution in [3.05, 3.63) is 34.9 Å². The fourth-order valence-electron chi connectivity index (χ4n) is 1.13. The maximum atomic E-state index is 11.3. The number of esters is 1. The summed E-state index contributed by atoms with van der Waals surface area (Å²) in [6.45, 7) is -0.0417. The SMILES string of the molecule is N[C@H](CCO)C(=O)OCc1ccccc1Cl. The molecule has 0 saturated heterocycles. The summed E-state index contributed by atoms with van der Waals surface area (Å²) in [5.41, 5.74) is 6.19. The molecule has 0 aromatic heterocycles. The van der Waals surface area contributed by atoms with Crippen molar-refractivity contribution in [3.8, 4) is 0 Å². The van der Waals surface area contributed by atoms with Crippen molar-refractivity contribution in [2.24, 2.45) is 5.73 Å². The van der Waals surface area contributed by atoms with Gasteiger partial charge in [-0.2, -0.15) is 0 Å². The summed E-state index contributed by atoms with van der Waals surface area (Å²) in [4.78, 5) is 11.3. The van der Waals surface area contributed by atoms with Crippen LogP contribution in [0.5, 0.6) is 0 Å². The molecule has 0 aliphatic heterocycles. The van der Waals surface area contributed by atoms with Gasteiger partial charge in [0.15, 0.2) is 0 Å². The van der Waals surface area contributed by atoms with Crippen LogP contribution in [0.4, 0.5) is 0 Å². The molecule has 0 heterocycles. The Morgan fingerprint density at radius 1 is 1.50 bits per heavy atom. The van der Waals surface area contributed by atoms with E-state index in [0.29, 0.717) is 5.02 Å². The highest BCUT2D eigenvalue weighted by molar-refractivity contribution is 6.31. The zero-order chi connectivity index (χ0) is 12.0. The Kier molecular flexibility index (Phi) is 5.25. The minimum Gasteiger partial charge on any atom is -0.460 e. The van der Waals surface area contributed by atoms with Crippen molar-refractivity contribution in [3.63, 3.8) is 0 Å². The smallest absolute Gasteiger partial charge is 0.323 e. The molecule has 0 amide bonds. The van der Waals surface area contributed by atoms with Crippen LogP contribution in [0.2, 0.25) is 5.02 Å². The maximum absolute atomic E-state index is 11.3. The van der Waals surface area contributed by atoms with Crippen molar-refractivity contribution >= 4 is 17.6 Å². The molecular formula is C11H14ClNO3. The largest absolute Gasteiger partial charge is 0.460 e. The lowest BCUT2D eigenvalue weighted by Crippen LogP contribution is -2.33. The quantitative estimate of drug-likeness (QED) is 0.760. The first-order valence-electron chi connectivity index (χ1n) is 4.91. The van der Waals surface area contributed by atoms with Crippen LogP contribution in [0, 0.1) is 0 Å². The van der Waals surface area contributed by atoms with Crippen LogP contribution in [-0.2, 0) is 16.1 Å². The van der Waals surface area contributed by atoms with Crippen LogP contribution in [-0.4, -0.2) is 23.7 Å². The Morgan fingerprint density at radius 2 is 2.19 bits per heavy atom. The second-order valence-electron chi connectivity index (χ2n) is 3.32. The monoisotopic (exact) mass is 243 g/mol. The number of halogens is 1. The predicted octanol–water partition coefficient (Wildman–Crippen LogP) is 1.09. The number of nitrogens with two attached hydrogens (primary N) is 1. The minimum atomic E-state index is -0.785. The fraction of sp³-hybridized carbons (Fsp3) is 0.364. The standard InChI is InChI=1S/C11H14ClNO3/c12-9-4-2-1-3-8(9)7-16-11(15)10(13)5-6-14/h1-4,10,14H,5-7,13H2/t10-/m1/s1. The number of carbonyl (C=O) groups excluding carboxylic acids is 1. The molecule has 1 aromatic carbocycles. The van der Waals surface area contributed by atoms with E-state index in [1.54, 1.807) is 18.2 Å². The summed E-state index contributed by atoms with van der Waals surface area (Å²) in [6, 6.07) is 6.31. The van der Waals surface area contributed by atoms with E-state index < -0.39 is 12.0 Å². The molecule has 0 aliphatic rings. The van der Waals surface area contributed by atoms with Gasteiger partial charge in [0.25, 0.3) is 0 Å². The number of ether oxygens (including phenoxy) is 1. The molecule has 16 heavy (non-hydrogen) atoms. The van der Waals surface area contributed by atoms with Gasteiger partial charge in [0.2, 0.25) is 0 Å². The van der Waals surface area contributed by atoms with E-state index in [9.17, 15) is 4.79 Å². The Hall–Kier alpha value is -1.10. The molecule has 88 valence electrons. The van der Waals surface area contributed by atoms with Crippen molar-refractivity contribution in [2.45, 2.75) is 19.1 Å². The van der Waals surface area contributed by atoms with E-state index in [-0.39, 0.29) is 19.6 Å². The predicted molar refractivity (Wildman–Crippen MR) is 60.9 cm³/mol. The van der Waals surface area contributed by atoms with Gasteiger partial charge in [-0.3, -0.25) is 4.79 Å². The first kappa shape index (κ1) is 13.0. The van der Waals surface area contributed by atoms with Gasteiger partial charge in [-0.05, 0) is 12.5 Å². The van der Waals surface area contributed by atoms with Crippen molar-refractivity contribution in [2.75, 3.05) is 6.61 Å².